The smallest absolute Gasteiger partial charge is 0.00134 e. The van der Waals surface area contributed by atoms with E-state index in [0.717, 1.165) is 5.41 Å². The van der Waals surface area contributed by atoms with E-state index in [1.165, 1.54) is 154 Å². The topological polar surface area (TPSA) is 3.24 Å². The van der Waals surface area contributed by atoms with Crippen molar-refractivity contribution in [1.82, 2.24) is 4.90 Å². The van der Waals surface area contributed by atoms with Gasteiger partial charge < -0.3 is 4.90 Å². The van der Waals surface area contributed by atoms with Crippen molar-refractivity contribution < 1.29 is 0 Å². The molecule has 0 aromatic heterocycles. The predicted molar refractivity (Wildman–Crippen MR) is 126 cm³/mol. The maximum Gasteiger partial charge on any atom is -0.00134 e. The lowest BCUT2D eigenvalue weighted by Crippen LogP contribution is -2.48. The minimum atomic E-state index is 0.782. The number of fused-ring (bicyclic) bond motifs is 3. The zero-order valence-corrected chi connectivity index (χ0v) is 19.6. The molecule has 0 radical (unpaired) electrons. The van der Waals surface area contributed by atoms with Crippen LogP contribution in [0.3, 0.4) is 0 Å². The highest BCUT2D eigenvalue weighted by Crippen LogP contribution is 2.44. The molecule has 1 heteroatoms. The van der Waals surface area contributed by atoms with Gasteiger partial charge in [0, 0.05) is 0 Å². The third-order valence-corrected chi connectivity index (χ3v) is 7.94. The molecule has 0 aromatic rings. The van der Waals surface area contributed by atoms with Gasteiger partial charge in [-0.3, -0.25) is 0 Å². The van der Waals surface area contributed by atoms with Gasteiger partial charge in [0.25, 0.3) is 0 Å². The van der Waals surface area contributed by atoms with E-state index in [1.54, 1.807) is 6.42 Å². The Morgan fingerprint density at radius 3 is 1.14 bits per heavy atom. The largest absolute Gasteiger partial charge is 0.303 e. The van der Waals surface area contributed by atoms with E-state index in [0.29, 0.717) is 0 Å². The fourth-order valence-electron chi connectivity index (χ4n) is 5.67. The summed E-state index contributed by atoms with van der Waals surface area (Å²) in [6, 6.07) is 0. The standard InChI is InChI=1S/C27H53N/c1-2-3-4-5-6-7-8-9-10-11-12-13-14-15-16-17-18-19-20-27-21-24-28(25-22-27)26-23-27/h2-26H2,1H3. The molecule has 0 saturated carbocycles. The van der Waals surface area contributed by atoms with E-state index < -0.39 is 0 Å². The van der Waals surface area contributed by atoms with Gasteiger partial charge in [0.1, 0.15) is 0 Å². The van der Waals surface area contributed by atoms with Gasteiger partial charge in [-0.05, 0) is 50.7 Å². The van der Waals surface area contributed by atoms with Gasteiger partial charge in [0.05, 0.1) is 0 Å². The molecular formula is C27H53N. The molecule has 0 atom stereocenters. The van der Waals surface area contributed by atoms with Gasteiger partial charge in [-0.15, -0.1) is 0 Å². The van der Waals surface area contributed by atoms with Gasteiger partial charge in [-0.25, -0.2) is 0 Å². The summed E-state index contributed by atoms with van der Waals surface area (Å²) in [6.45, 7) is 6.51. The SMILES string of the molecule is CCCCCCCCCCCCCCCCCCCCC12CCN(CC1)CC2. The first-order valence-electron chi connectivity index (χ1n) is 13.6. The van der Waals surface area contributed by atoms with Gasteiger partial charge in [-0.1, -0.05) is 122 Å². The van der Waals surface area contributed by atoms with Gasteiger partial charge in [0.15, 0.2) is 0 Å². The van der Waals surface area contributed by atoms with Crippen molar-refractivity contribution >= 4 is 0 Å². The van der Waals surface area contributed by atoms with Crippen molar-refractivity contribution in [1.29, 1.82) is 0 Å². The lowest BCUT2D eigenvalue weighted by Gasteiger charge is -2.48. The van der Waals surface area contributed by atoms with Crippen molar-refractivity contribution in [3.63, 3.8) is 0 Å². The quantitative estimate of drug-likeness (QED) is 0.199. The third-order valence-electron chi connectivity index (χ3n) is 7.94. The molecule has 3 saturated heterocycles. The lowest BCUT2D eigenvalue weighted by atomic mass is 9.69. The molecule has 0 amide bonds. The Morgan fingerprint density at radius 1 is 0.464 bits per heavy atom. The summed E-state index contributed by atoms with van der Waals surface area (Å²) < 4.78 is 0. The number of rotatable bonds is 19. The first-order valence-corrected chi connectivity index (χ1v) is 13.6. The number of piperidine rings is 3. The van der Waals surface area contributed by atoms with Crippen LogP contribution in [-0.2, 0) is 0 Å². The molecule has 3 heterocycles. The Hall–Kier alpha value is -0.0400. The molecule has 0 spiro atoms. The highest BCUT2D eigenvalue weighted by molar-refractivity contribution is 4.91. The number of hydrogen-bond donors (Lipinski definition) is 0. The Balaban J connectivity index is 1.24. The molecule has 0 aromatic carbocycles. The maximum absolute atomic E-state index is 2.68. The number of hydrogen-bond acceptors (Lipinski definition) is 1. The second-order valence-electron chi connectivity index (χ2n) is 10.4. The van der Waals surface area contributed by atoms with Crippen molar-refractivity contribution in [2.75, 3.05) is 19.6 Å². The van der Waals surface area contributed by atoms with Crippen LogP contribution >= 0.6 is 0 Å². The van der Waals surface area contributed by atoms with Gasteiger partial charge in [0.2, 0.25) is 0 Å². The van der Waals surface area contributed by atoms with Crippen LogP contribution in [0.2, 0.25) is 0 Å². The Morgan fingerprint density at radius 2 is 0.786 bits per heavy atom. The van der Waals surface area contributed by atoms with E-state index in [-0.39, 0.29) is 0 Å². The van der Waals surface area contributed by atoms with E-state index in [2.05, 4.69) is 11.8 Å². The second-order valence-corrected chi connectivity index (χ2v) is 10.4. The van der Waals surface area contributed by atoms with Crippen LogP contribution in [0.1, 0.15) is 148 Å². The molecule has 3 aliphatic rings. The van der Waals surface area contributed by atoms with E-state index >= 15 is 0 Å². The Labute approximate surface area is 178 Å². The highest BCUT2D eigenvalue weighted by Gasteiger charge is 2.38. The average molecular weight is 392 g/mol. The summed E-state index contributed by atoms with van der Waals surface area (Å²) in [6.07, 6.45) is 32.8. The second kappa shape index (κ2) is 15.8. The summed E-state index contributed by atoms with van der Waals surface area (Å²) >= 11 is 0. The fraction of sp³-hybridized carbons (Fsp3) is 1.00. The molecule has 166 valence electrons. The third kappa shape index (κ3) is 10.7. The molecule has 2 bridgehead atoms. The van der Waals surface area contributed by atoms with Crippen LogP contribution in [0.5, 0.6) is 0 Å². The first kappa shape index (κ1) is 24.2. The average Bonchev–Trinajstić information content (AvgIpc) is 2.74. The molecule has 0 N–H and O–H groups in total. The zero-order chi connectivity index (χ0) is 19.8. The fourth-order valence-corrected chi connectivity index (χ4v) is 5.67. The number of unbranched alkanes of at least 4 members (excludes halogenated alkanes) is 17. The highest BCUT2D eigenvalue weighted by atomic mass is 15.1. The minimum absolute atomic E-state index is 0.782. The first-order chi connectivity index (χ1) is 13.8. The summed E-state index contributed by atoms with van der Waals surface area (Å²) in [5.74, 6) is 0. The van der Waals surface area contributed by atoms with E-state index in [9.17, 15) is 0 Å². The molecule has 0 unspecified atom stereocenters. The van der Waals surface area contributed by atoms with Crippen LogP contribution in [0.15, 0.2) is 0 Å². The summed E-state index contributed by atoms with van der Waals surface area (Å²) in [4.78, 5) is 2.68. The van der Waals surface area contributed by atoms with Crippen LogP contribution in [0.4, 0.5) is 0 Å². The molecule has 3 aliphatic heterocycles. The van der Waals surface area contributed by atoms with Gasteiger partial charge >= 0.3 is 0 Å². The molecule has 0 aliphatic carbocycles. The minimum Gasteiger partial charge on any atom is -0.303 e. The van der Waals surface area contributed by atoms with Crippen LogP contribution in [0, 0.1) is 5.41 Å². The summed E-state index contributed by atoms with van der Waals surface area (Å²) in [5, 5.41) is 0. The summed E-state index contributed by atoms with van der Waals surface area (Å²) in [5.41, 5.74) is 0.782. The maximum atomic E-state index is 2.68. The molecule has 3 fully saturated rings. The van der Waals surface area contributed by atoms with Crippen molar-refractivity contribution in [3.05, 3.63) is 0 Å². The monoisotopic (exact) mass is 391 g/mol. The van der Waals surface area contributed by atoms with Crippen LogP contribution in [-0.4, -0.2) is 24.5 Å². The van der Waals surface area contributed by atoms with Crippen LogP contribution < -0.4 is 0 Å². The molecule has 28 heavy (non-hydrogen) atoms. The predicted octanol–water partition coefficient (Wildman–Crippen LogP) is 8.90. The Bertz CT molecular complexity index is 328. The lowest BCUT2D eigenvalue weighted by molar-refractivity contribution is 0.0180. The Kier molecular flexibility index (Phi) is 13.6. The van der Waals surface area contributed by atoms with Crippen LogP contribution in [0.25, 0.3) is 0 Å². The number of nitrogens with zero attached hydrogens (tertiary/aromatic N) is 1. The van der Waals surface area contributed by atoms with Crippen molar-refractivity contribution in [3.8, 4) is 0 Å². The van der Waals surface area contributed by atoms with Crippen molar-refractivity contribution in [2.45, 2.75) is 148 Å². The normalized spacial score (nSPS) is 24.1. The zero-order valence-electron chi connectivity index (χ0n) is 19.6. The molecule has 3 rings (SSSR count). The van der Waals surface area contributed by atoms with Crippen molar-refractivity contribution in [2.24, 2.45) is 5.41 Å². The van der Waals surface area contributed by atoms with E-state index in [1.807, 2.05) is 0 Å². The summed E-state index contributed by atoms with van der Waals surface area (Å²) in [7, 11) is 0. The van der Waals surface area contributed by atoms with Gasteiger partial charge in [-0.2, -0.15) is 0 Å². The molecule has 1 nitrogen and oxygen atoms in total. The van der Waals surface area contributed by atoms with E-state index in [4.69, 9.17) is 0 Å². The molecular weight excluding hydrogens is 338 g/mol.